The van der Waals surface area contributed by atoms with Crippen LogP contribution in [0.1, 0.15) is 26.7 Å². The number of hydrogen-bond acceptors (Lipinski definition) is 5. The molecule has 6 nitrogen and oxygen atoms in total. The molecule has 1 aromatic heterocycles. The SMILES string of the molecule is CCC(CC)(Nc1cc(OC)ncn1)C(=O)O. The van der Waals surface area contributed by atoms with Gasteiger partial charge in [0.05, 0.1) is 7.11 Å². The van der Waals surface area contributed by atoms with Gasteiger partial charge in [0.1, 0.15) is 17.7 Å². The molecule has 0 radical (unpaired) electrons. The minimum atomic E-state index is -1.00. The average molecular weight is 239 g/mol. The van der Waals surface area contributed by atoms with Crippen molar-refractivity contribution in [2.45, 2.75) is 32.2 Å². The lowest BCUT2D eigenvalue weighted by Crippen LogP contribution is -2.45. The third-order valence-electron chi connectivity index (χ3n) is 2.83. The second kappa shape index (κ2) is 5.47. The van der Waals surface area contributed by atoms with Crippen LogP contribution in [0.4, 0.5) is 5.82 Å². The lowest BCUT2D eigenvalue weighted by molar-refractivity contribution is -0.142. The van der Waals surface area contributed by atoms with Crippen LogP contribution in [0.5, 0.6) is 5.88 Å². The smallest absolute Gasteiger partial charge is 0.329 e. The van der Waals surface area contributed by atoms with E-state index < -0.39 is 11.5 Å². The first kappa shape index (κ1) is 13.2. The molecule has 0 aliphatic carbocycles. The molecule has 0 aliphatic heterocycles. The molecule has 1 aromatic rings. The molecule has 1 rings (SSSR count). The number of carboxylic acids is 1. The maximum atomic E-state index is 11.3. The number of methoxy groups -OCH3 is 1. The third kappa shape index (κ3) is 2.83. The van der Waals surface area contributed by atoms with Gasteiger partial charge < -0.3 is 15.2 Å². The molecule has 0 amide bonds. The Morgan fingerprint density at radius 2 is 2.12 bits per heavy atom. The number of ether oxygens (including phenoxy) is 1. The molecular weight excluding hydrogens is 222 g/mol. The van der Waals surface area contributed by atoms with E-state index in [1.54, 1.807) is 6.07 Å². The van der Waals surface area contributed by atoms with Gasteiger partial charge in [0, 0.05) is 6.07 Å². The summed E-state index contributed by atoms with van der Waals surface area (Å²) in [6.45, 7) is 3.64. The molecule has 0 aromatic carbocycles. The molecule has 0 unspecified atom stereocenters. The zero-order valence-corrected chi connectivity index (χ0v) is 10.2. The number of aromatic nitrogens is 2. The van der Waals surface area contributed by atoms with Crippen LogP contribution >= 0.6 is 0 Å². The molecular formula is C11H17N3O3. The largest absolute Gasteiger partial charge is 0.481 e. The van der Waals surface area contributed by atoms with Crippen LogP contribution in [0.2, 0.25) is 0 Å². The number of nitrogens with zero attached hydrogens (tertiary/aromatic N) is 2. The third-order valence-corrected chi connectivity index (χ3v) is 2.83. The molecule has 0 bridgehead atoms. The Hall–Kier alpha value is -1.85. The van der Waals surface area contributed by atoms with Crippen LogP contribution in [0.15, 0.2) is 12.4 Å². The second-order valence-electron chi connectivity index (χ2n) is 3.66. The van der Waals surface area contributed by atoms with Gasteiger partial charge in [-0.05, 0) is 12.8 Å². The second-order valence-corrected chi connectivity index (χ2v) is 3.66. The fourth-order valence-corrected chi connectivity index (χ4v) is 1.55. The Labute approximate surface area is 100 Å². The zero-order chi connectivity index (χ0) is 12.9. The fraction of sp³-hybridized carbons (Fsp3) is 0.545. The summed E-state index contributed by atoms with van der Waals surface area (Å²) < 4.78 is 4.96. The van der Waals surface area contributed by atoms with Gasteiger partial charge in [-0.25, -0.2) is 14.8 Å². The fourth-order valence-electron chi connectivity index (χ4n) is 1.55. The van der Waals surface area contributed by atoms with Crippen LogP contribution < -0.4 is 10.1 Å². The number of carbonyl (C=O) groups is 1. The first-order chi connectivity index (χ1) is 8.07. The van der Waals surface area contributed by atoms with E-state index in [1.165, 1.54) is 13.4 Å². The topological polar surface area (TPSA) is 84.3 Å². The first-order valence-electron chi connectivity index (χ1n) is 5.45. The Balaban J connectivity index is 2.97. The van der Waals surface area contributed by atoms with E-state index in [0.717, 1.165) is 0 Å². The lowest BCUT2D eigenvalue weighted by Gasteiger charge is -2.28. The van der Waals surface area contributed by atoms with E-state index in [1.807, 2.05) is 13.8 Å². The maximum absolute atomic E-state index is 11.3. The van der Waals surface area contributed by atoms with Crippen molar-refractivity contribution in [3.63, 3.8) is 0 Å². The molecule has 6 heteroatoms. The highest BCUT2D eigenvalue weighted by molar-refractivity contribution is 5.82. The maximum Gasteiger partial charge on any atom is 0.329 e. The monoisotopic (exact) mass is 239 g/mol. The quantitative estimate of drug-likeness (QED) is 0.783. The number of hydrogen-bond donors (Lipinski definition) is 2. The Kier molecular flexibility index (Phi) is 4.25. The number of anilines is 1. The van der Waals surface area contributed by atoms with Crippen molar-refractivity contribution >= 4 is 11.8 Å². The van der Waals surface area contributed by atoms with Crippen molar-refractivity contribution in [3.8, 4) is 5.88 Å². The molecule has 0 aliphatic rings. The molecule has 94 valence electrons. The molecule has 0 saturated heterocycles. The van der Waals surface area contributed by atoms with E-state index in [-0.39, 0.29) is 0 Å². The summed E-state index contributed by atoms with van der Waals surface area (Å²) in [5, 5.41) is 12.2. The number of carboxylic acid groups (broad SMARTS) is 1. The molecule has 17 heavy (non-hydrogen) atoms. The predicted molar refractivity (Wildman–Crippen MR) is 63.2 cm³/mol. The van der Waals surface area contributed by atoms with E-state index in [2.05, 4.69) is 15.3 Å². The minimum absolute atomic E-state index is 0.397. The molecule has 0 atom stereocenters. The summed E-state index contributed by atoms with van der Waals surface area (Å²) in [5.41, 5.74) is -1.00. The normalized spacial score (nSPS) is 11.0. The summed E-state index contributed by atoms with van der Waals surface area (Å²) in [6, 6.07) is 1.57. The van der Waals surface area contributed by atoms with Gasteiger partial charge in [-0.3, -0.25) is 0 Å². The highest BCUT2D eigenvalue weighted by Gasteiger charge is 2.35. The van der Waals surface area contributed by atoms with Crippen molar-refractivity contribution in [3.05, 3.63) is 12.4 Å². The van der Waals surface area contributed by atoms with Crippen molar-refractivity contribution in [2.75, 3.05) is 12.4 Å². The van der Waals surface area contributed by atoms with Crippen LogP contribution in [-0.2, 0) is 4.79 Å². The number of rotatable bonds is 6. The van der Waals surface area contributed by atoms with Crippen LogP contribution in [-0.4, -0.2) is 33.7 Å². The van der Waals surface area contributed by atoms with E-state index in [0.29, 0.717) is 24.5 Å². The lowest BCUT2D eigenvalue weighted by atomic mass is 9.93. The summed E-state index contributed by atoms with van der Waals surface area (Å²) in [6.07, 6.45) is 2.26. The Bertz CT molecular complexity index is 391. The summed E-state index contributed by atoms with van der Waals surface area (Å²) in [7, 11) is 1.50. The number of aliphatic carboxylic acids is 1. The van der Waals surface area contributed by atoms with Gasteiger partial charge in [0.2, 0.25) is 5.88 Å². The molecule has 2 N–H and O–H groups in total. The predicted octanol–water partition coefficient (Wildman–Crippen LogP) is 1.54. The standard InChI is InChI=1S/C11H17N3O3/c1-4-11(5-2,10(15)16)14-8-6-9(17-3)13-7-12-8/h6-7H,4-5H2,1-3H3,(H,15,16)(H,12,13,14). The molecule has 1 heterocycles. The van der Waals surface area contributed by atoms with Crippen molar-refractivity contribution < 1.29 is 14.6 Å². The van der Waals surface area contributed by atoms with Crippen molar-refractivity contribution in [2.24, 2.45) is 0 Å². The summed E-state index contributed by atoms with van der Waals surface area (Å²) in [5.74, 6) is -0.0444. The molecule has 0 spiro atoms. The van der Waals surface area contributed by atoms with Gasteiger partial charge >= 0.3 is 5.97 Å². The van der Waals surface area contributed by atoms with Gasteiger partial charge in [-0.2, -0.15) is 0 Å². The van der Waals surface area contributed by atoms with Crippen LogP contribution in [0.25, 0.3) is 0 Å². The van der Waals surface area contributed by atoms with Gasteiger partial charge in [0.15, 0.2) is 0 Å². The van der Waals surface area contributed by atoms with Gasteiger partial charge in [0.25, 0.3) is 0 Å². The van der Waals surface area contributed by atoms with Crippen LogP contribution in [0, 0.1) is 0 Å². The van der Waals surface area contributed by atoms with Crippen molar-refractivity contribution in [1.82, 2.24) is 9.97 Å². The highest BCUT2D eigenvalue weighted by Crippen LogP contribution is 2.22. The zero-order valence-electron chi connectivity index (χ0n) is 10.2. The summed E-state index contributed by atoms with van der Waals surface area (Å²) in [4.78, 5) is 19.2. The molecule has 0 saturated carbocycles. The minimum Gasteiger partial charge on any atom is -0.481 e. The van der Waals surface area contributed by atoms with E-state index in [4.69, 9.17) is 4.74 Å². The first-order valence-corrected chi connectivity index (χ1v) is 5.45. The van der Waals surface area contributed by atoms with Gasteiger partial charge in [-0.1, -0.05) is 13.8 Å². The van der Waals surface area contributed by atoms with Crippen LogP contribution in [0.3, 0.4) is 0 Å². The van der Waals surface area contributed by atoms with Crippen molar-refractivity contribution in [1.29, 1.82) is 0 Å². The molecule has 0 fully saturated rings. The number of nitrogens with one attached hydrogen (secondary N) is 1. The summed E-state index contributed by atoms with van der Waals surface area (Å²) >= 11 is 0. The van der Waals surface area contributed by atoms with E-state index in [9.17, 15) is 9.90 Å². The Morgan fingerprint density at radius 1 is 1.47 bits per heavy atom. The van der Waals surface area contributed by atoms with E-state index >= 15 is 0 Å². The highest BCUT2D eigenvalue weighted by atomic mass is 16.5. The van der Waals surface area contributed by atoms with Gasteiger partial charge in [-0.15, -0.1) is 0 Å². The Morgan fingerprint density at radius 3 is 2.59 bits per heavy atom. The average Bonchev–Trinajstić information content (AvgIpc) is 2.36.